The molecule has 1 unspecified atom stereocenters. The predicted octanol–water partition coefficient (Wildman–Crippen LogP) is 4.54. The first kappa shape index (κ1) is 21.8. The highest BCUT2D eigenvalue weighted by molar-refractivity contribution is 6.04. The SMILES string of the molecule is CCn1ncc2c(C(=O)OCC(=O)NC(c3ccccc3)C3CC3)cc(-c3ccccc3)nc21. The monoisotopic (exact) mass is 454 g/mol. The van der Waals surface area contributed by atoms with E-state index in [9.17, 15) is 9.59 Å². The summed E-state index contributed by atoms with van der Waals surface area (Å²) in [5.74, 6) is -0.458. The van der Waals surface area contributed by atoms with Crippen molar-refractivity contribution >= 4 is 22.9 Å². The van der Waals surface area contributed by atoms with Gasteiger partial charge in [-0.15, -0.1) is 0 Å². The van der Waals surface area contributed by atoms with E-state index in [1.54, 1.807) is 16.9 Å². The smallest absolute Gasteiger partial charge is 0.339 e. The van der Waals surface area contributed by atoms with Gasteiger partial charge in [0.25, 0.3) is 5.91 Å². The first-order chi connectivity index (χ1) is 16.6. The quantitative estimate of drug-likeness (QED) is 0.395. The molecule has 0 radical (unpaired) electrons. The number of amides is 1. The molecule has 4 aromatic rings. The van der Waals surface area contributed by atoms with Crippen LogP contribution in [-0.4, -0.2) is 33.2 Å². The van der Waals surface area contributed by atoms with Crippen molar-refractivity contribution in [2.75, 3.05) is 6.61 Å². The number of esters is 1. The van der Waals surface area contributed by atoms with Crippen molar-refractivity contribution in [1.29, 1.82) is 0 Å². The molecule has 1 fully saturated rings. The molecule has 34 heavy (non-hydrogen) atoms. The van der Waals surface area contributed by atoms with Gasteiger partial charge >= 0.3 is 5.97 Å². The lowest BCUT2D eigenvalue weighted by Gasteiger charge is -2.18. The fourth-order valence-corrected chi connectivity index (χ4v) is 4.19. The Bertz CT molecular complexity index is 1310. The molecule has 1 atom stereocenters. The molecule has 1 amide bonds. The molecule has 172 valence electrons. The predicted molar refractivity (Wildman–Crippen MR) is 129 cm³/mol. The fourth-order valence-electron chi connectivity index (χ4n) is 4.19. The number of carbonyl (C=O) groups excluding carboxylic acids is 2. The van der Waals surface area contributed by atoms with E-state index in [-0.39, 0.29) is 18.6 Å². The Morgan fingerprint density at radius 2 is 1.79 bits per heavy atom. The lowest BCUT2D eigenvalue weighted by molar-refractivity contribution is -0.125. The maximum Gasteiger partial charge on any atom is 0.339 e. The summed E-state index contributed by atoms with van der Waals surface area (Å²) in [6.45, 7) is 2.24. The van der Waals surface area contributed by atoms with Crippen LogP contribution in [0.15, 0.2) is 72.9 Å². The lowest BCUT2D eigenvalue weighted by Crippen LogP contribution is -2.33. The zero-order valence-electron chi connectivity index (χ0n) is 19.0. The van der Waals surface area contributed by atoms with Crippen molar-refractivity contribution in [3.05, 3.63) is 84.1 Å². The fraction of sp³-hybridized carbons (Fsp3) is 0.259. The number of aryl methyl sites for hydroxylation is 1. The second-order valence-electron chi connectivity index (χ2n) is 8.49. The summed E-state index contributed by atoms with van der Waals surface area (Å²) in [7, 11) is 0. The number of fused-ring (bicyclic) bond motifs is 1. The molecule has 1 aliphatic rings. The highest BCUT2D eigenvalue weighted by Gasteiger charge is 2.33. The van der Waals surface area contributed by atoms with Gasteiger partial charge < -0.3 is 10.1 Å². The normalized spacial score (nSPS) is 14.0. The Kier molecular flexibility index (Phi) is 6.08. The van der Waals surface area contributed by atoms with Gasteiger partial charge in [-0.2, -0.15) is 5.10 Å². The van der Waals surface area contributed by atoms with Crippen LogP contribution in [0.2, 0.25) is 0 Å². The van der Waals surface area contributed by atoms with Crippen molar-refractivity contribution < 1.29 is 14.3 Å². The van der Waals surface area contributed by atoms with Gasteiger partial charge in [0.15, 0.2) is 12.3 Å². The topological polar surface area (TPSA) is 86.1 Å². The molecule has 1 aliphatic carbocycles. The maximum absolute atomic E-state index is 13.1. The summed E-state index contributed by atoms with van der Waals surface area (Å²) in [6.07, 6.45) is 3.78. The van der Waals surface area contributed by atoms with E-state index in [0.717, 1.165) is 24.0 Å². The number of ether oxygens (including phenoxy) is 1. The van der Waals surface area contributed by atoms with E-state index in [1.165, 1.54) is 0 Å². The summed E-state index contributed by atoms with van der Waals surface area (Å²) in [5, 5.41) is 8.00. The van der Waals surface area contributed by atoms with Gasteiger partial charge in [-0.1, -0.05) is 60.7 Å². The minimum atomic E-state index is -0.571. The highest BCUT2D eigenvalue weighted by atomic mass is 16.5. The molecule has 7 heteroatoms. The van der Waals surface area contributed by atoms with Crippen LogP contribution in [0.25, 0.3) is 22.3 Å². The van der Waals surface area contributed by atoms with Gasteiger partial charge in [-0.05, 0) is 37.3 Å². The van der Waals surface area contributed by atoms with Crippen molar-refractivity contribution in [1.82, 2.24) is 20.1 Å². The first-order valence-corrected chi connectivity index (χ1v) is 11.6. The van der Waals surface area contributed by atoms with E-state index in [4.69, 9.17) is 9.72 Å². The van der Waals surface area contributed by atoms with Crippen LogP contribution in [0.3, 0.4) is 0 Å². The number of rotatable bonds is 8. The average Bonchev–Trinajstić information content (AvgIpc) is 3.64. The molecule has 2 heterocycles. The molecule has 0 aliphatic heterocycles. The summed E-state index contributed by atoms with van der Waals surface area (Å²) >= 11 is 0. The van der Waals surface area contributed by atoms with E-state index in [2.05, 4.69) is 10.4 Å². The van der Waals surface area contributed by atoms with Gasteiger partial charge in [0.1, 0.15) is 0 Å². The number of carbonyl (C=O) groups is 2. The van der Waals surface area contributed by atoms with Crippen molar-refractivity contribution in [3.63, 3.8) is 0 Å². The van der Waals surface area contributed by atoms with Crippen LogP contribution in [0.1, 0.15) is 41.7 Å². The van der Waals surface area contributed by atoms with Gasteiger partial charge in [0, 0.05) is 12.1 Å². The van der Waals surface area contributed by atoms with Crippen molar-refractivity contribution in [2.24, 2.45) is 5.92 Å². The van der Waals surface area contributed by atoms with Gasteiger partial charge in [0.2, 0.25) is 0 Å². The van der Waals surface area contributed by atoms with Gasteiger partial charge in [-0.25, -0.2) is 14.5 Å². The number of pyridine rings is 1. The number of benzene rings is 2. The van der Waals surface area contributed by atoms with E-state index < -0.39 is 5.97 Å². The van der Waals surface area contributed by atoms with Crippen LogP contribution < -0.4 is 5.32 Å². The van der Waals surface area contributed by atoms with E-state index >= 15 is 0 Å². The molecular formula is C27H26N4O3. The van der Waals surface area contributed by atoms with Crippen molar-refractivity contribution in [2.45, 2.75) is 32.4 Å². The number of hydrogen-bond acceptors (Lipinski definition) is 5. The minimum absolute atomic E-state index is 0.0625. The molecule has 2 aromatic carbocycles. The molecule has 1 N–H and O–H groups in total. The third kappa shape index (κ3) is 4.55. The Balaban J connectivity index is 1.35. The van der Waals surface area contributed by atoms with E-state index in [1.807, 2.05) is 67.6 Å². The number of hydrogen-bond donors (Lipinski definition) is 1. The van der Waals surface area contributed by atoms with Crippen molar-refractivity contribution in [3.8, 4) is 11.3 Å². The third-order valence-corrected chi connectivity index (χ3v) is 6.10. The largest absolute Gasteiger partial charge is 0.452 e. The second kappa shape index (κ2) is 9.47. The molecule has 0 bridgehead atoms. The zero-order valence-corrected chi connectivity index (χ0v) is 19.0. The first-order valence-electron chi connectivity index (χ1n) is 11.6. The van der Waals surface area contributed by atoms with Crippen LogP contribution in [0, 0.1) is 5.92 Å². The summed E-state index contributed by atoms with van der Waals surface area (Å²) in [6, 6.07) is 21.2. The average molecular weight is 455 g/mol. The number of aromatic nitrogens is 3. The Hall–Kier alpha value is -4.00. The molecule has 1 saturated carbocycles. The Labute approximate surface area is 197 Å². The molecule has 7 nitrogen and oxygen atoms in total. The van der Waals surface area contributed by atoms with Crippen LogP contribution in [0.4, 0.5) is 0 Å². The molecule has 5 rings (SSSR count). The molecular weight excluding hydrogens is 428 g/mol. The Morgan fingerprint density at radius 3 is 2.47 bits per heavy atom. The molecule has 2 aromatic heterocycles. The minimum Gasteiger partial charge on any atom is -0.452 e. The Morgan fingerprint density at radius 1 is 1.09 bits per heavy atom. The maximum atomic E-state index is 13.1. The summed E-state index contributed by atoms with van der Waals surface area (Å²) in [5.41, 5.74) is 3.56. The van der Waals surface area contributed by atoms with Crippen LogP contribution in [-0.2, 0) is 16.1 Å². The molecule has 0 spiro atoms. The standard InChI is InChI=1S/C27H26N4O3/c1-2-31-26-22(16-28-31)21(15-23(29-26)18-9-5-3-6-10-18)27(33)34-17-24(32)30-25(20-13-14-20)19-11-7-4-8-12-19/h3-12,15-16,20,25H,2,13-14,17H2,1H3,(H,30,32). The van der Waals surface area contributed by atoms with Crippen LogP contribution in [0.5, 0.6) is 0 Å². The van der Waals surface area contributed by atoms with E-state index in [0.29, 0.717) is 34.8 Å². The number of nitrogens with one attached hydrogen (secondary N) is 1. The molecule has 0 saturated heterocycles. The third-order valence-electron chi connectivity index (χ3n) is 6.10. The van der Waals surface area contributed by atoms with Gasteiger partial charge in [0.05, 0.1) is 28.9 Å². The summed E-state index contributed by atoms with van der Waals surface area (Å²) in [4.78, 5) is 30.5. The highest BCUT2D eigenvalue weighted by Crippen LogP contribution is 2.40. The zero-order chi connectivity index (χ0) is 23.5. The summed E-state index contributed by atoms with van der Waals surface area (Å²) < 4.78 is 7.19. The lowest BCUT2D eigenvalue weighted by atomic mass is 10.0. The van der Waals surface area contributed by atoms with Gasteiger partial charge in [-0.3, -0.25) is 4.79 Å². The second-order valence-corrected chi connectivity index (χ2v) is 8.49. The van der Waals surface area contributed by atoms with Crippen LogP contribution >= 0.6 is 0 Å². The number of nitrogens with zero attached hydrogens (tertiary/aromatic N) is 3.